The van der Waals surface area contributed by atoms with Gasteiger partial charge in [-0.15, -0.1) is 11.8 Å². The number of hydrogen-bond acceptors (Lipinski definition) is 6. The minimum Gasteiger partial charge on any atom is -0.443 e. The average molecular weight is 316 g/mol. The second-order valence-corrected chi connectivity index (χ2v) is 6.09. The summed E-state index contributed by atoms with van der Waals surface area (Å²) in [6.45, 7) is 4.23. The molecule has 0 radical (unpaired) electrons. The lowest BCUT2D eigenvalue weighted by molar-refractivity contribution is 0.151. The van der Waals surface area contributed by atoms with E-state index in [1.807, 2.05) is 38.1 Å². The third-order valence-corrected chi connectivity index (χ3v) is 4.22. The lowest BCUT2D eigenvalue weighted by Gasteiger charge is -2.11. The van der Waals surface area contributed by atoms with E-state index in [0.717, 1.165) is 16.4 Å². The van der Waals surface area contributed by atoms with Crippen molar-refractivity contribution in [1.82, 2.24) is 15.0 Å². The molecule has 1 unspecified atom stereocenters. The van der Waals surface area contributed by atoms with Gasteiger partial charge in [-0.1, -0.05) is 6.07 Å². The summed E-state index contributed by atoms with van der Waals surface area (Å²) in [6.07, 6.45) is 1.17. The molecule has 1 aliphatic rings. The van der Waals surface area contributed by atoms with Crippen molar-refractivity contribution in [3.63, 3.8) is 0 Å². The second kappa shape index (κ2) is 6.31. The maximum Gasteiger partial charge on any atom is 0.417 e. The summed E-state index contributed by atoms with van der Waals surface area (Å²) in [4.78, 5) is 26.4. The Kier molecular flexibility index (Phi) is 4.24. The largest absolute Gasteiger partial charge is 0.443 e. The number of rotatable bonds is 4. The highest BCUT2D eigenvalue weighted by molar-refractivity contribution is 7.99. The zero-order chi connectivity index (χ0) is 15.5. The van der Waals surface area contributed by atoms with Crippen LogP contribution in [-0.2, 0) is 4.74 Å². The Balaban J connectivity index is 1.65. The van der Waals surface area contributed by atoms with Crippen LogP contribution in [0, 0.1) is 13.8 Å². The van der Waals surface area contributed by atoms with E-state index in [0.29, 0.717) is 18.2 Å². The number of cyclic esters (lactones) is 1. The molecule has 6 nitrogen and oxygen atoms in total. The Labute approximate surface area is 132 Å². The number of carbonyl (C=O) groups is 1. The number of amides is 1. The van der Waals surface area contributed by atoms with Crippen molar-refractivity contribution in [2.24, 2.45) is 0 Å². The minimum atomic E-state index is -0.392. The zero-order valence-electron chi connectivity index (χ0n) is 12.4. The molecule has 22 heavy (non-hydrogen) atoms. The number of aryl methyl sites for hydroxylation is 2. The first-order valence-corrected chi connectivity index (χ1v) is 7.94. The zero-order valence-corrected chi connectivity index (χ0v) is 13.2. The van der Waals surface area contributed by atoms with Crippen LogP contribution in [-0.4, -0.2) is 39.4 Å². The van der Waals surface area contributed by atoms with E-state index < -0.39 is 6.09 Å². The lowest BCUT2D eigenvalue weighted by atomic mass is 10.3. The van der Waals surface area contributed by atoms with Crippen LogP contribution in [0.3, 0.4) is 0 Å². The highest BCUT2D eigenvalue weighted by Crippen LogP contribution is 2.23. The van der Waals surface area contributed by atoms with Gasteiger partial charge in [0.15, 0.2) is 0 Å². The lowest BCUT2D eigenvalue weighted by Crippen LogP contribution is -2.27. The normalized spacial score (nSPS) is 17.6. The minimum absolute atomic E-state index is 0.191. The van der Waals surface area contributed by atoms with Gasteiger partial charge in [-0.25, -0.2) is 24.6 Å². The van der Waals surface area contributed by atoms with Gasteiger partial charge in [0.25, 0.3) is 0 Å². The second-order valence-electron chi connectivity index (χ2n) is 5.05. The fourth-order valence-electron chi connectivity index (χ4n) is 2.21. The van der Waals surface area contributed by atoms with Crippen molar-refractivity contribution in [3.8, 4) is 0 Å². The van der Waals surface area contributed by atoms with E-state index in [4.69, 9.17) is 4.74 Å². The Morgan fingerprint density at radius 2 is 2.09 bits per heavy atom. The summed E-state index contributed by atoms with van der Waals surface area (Å²) in [6, 6.07) is 7.62. The fraction of sp³-hybridized carbons (Fsp3) is 0.333. The van der Waals surface area contributed by atoms with Crippen molar-refractivity contribution in [1.29, 1.82) is 0 Å². The smallest absolute Gasteiger partial charge is 0.417 e. The molecule has 7 heteroatoms. The first kappa shape index (κ1) is 14.8. The Morgan fingerprint density at radius 1 is 1.32 bits per heavy atom. The summed E-state index contributed by atoms with van der Waals surface area (Å²) in [7, 11) is 0. The number of ether oxygens (including phenoxy) is 1. The summed E-state index contributed by atoms with van der Waals surface area (Å²) < 4.78 is 5.39. The van der Waals surface area contributed by atoms with Crippen LogP contribution in [0.5, 0.6) is 0 Å². The average Bonchev–Trinajstić information content (AvgIpc) is 2.86. The number of anilines is 1. The van der Waals surface area contributed by atoms with E-state index in [-0.39, 0.29) is 6.10 Å². The third kappa shape index (κ3) is 3.36. The van der Waals surface area contributed by atoms with Crippen LogP contribution in [0.2, 0.25) is 0 Å². The molecule has 3 heterocycles. The Bertz CT molecular complexity index is 660. The molecular weight excluding hydrogens is 300 g/mol. The number of aromatic nitrogens is 3. The highest BCUT2D eigenvalue weighted by Gasteiger charge is 2.34. The van der Waals surface area contributed by atoms with E-state index in [1.54, 1.807) is 18.0 Å². The third-order valence-electron chi connectivity index (χ3n) is 3.14. The quantitative estimate of drug-likeness (QED) is 0.808. The van der Waals surface area contributed by atoms with Crippen LogP contribution in [0.1, 0.15) is 11.4 Å². The van der Waals surface area contributed by atoms with Gasteiger partial charge in [0, 0.05) is 23.3 Å². The van der Waals surface area contributed by atoms with E-state index in [9.17, 15) is 4.79 Å². The van der Waals surface area contributed by atoms with Gasteiger partial charge in [0.05, 0.1) is 11.6 Å². The Hall–Kier alpha value is -2.15. The van der Waals surface area contributed by atoms with Crippen molar-refractivity contribution < 1.29 is 9.53 Å². The number of thioether (sulfide) groups is 1. The maximum absolute atomic E-state index is 12.0. The van der Waals surface area contributed by atoms with Crippen molar-refractivity contribution in [2.75, 3.05) is 17.2 Å². The fourth-order valence-corrected chi connectivity index (χ4v) is 3.05. The van der Waals surface area contributed by atoms with Gasteiger partial charge in [-0.2, -0.15) is 0 Å². The van der Waals surface area contributed by atoms with Gasteiger partial charge in [0.1, 0.15) is 6.10 Å². The molecule has 2 aromatic rings. The molecule has 1 atom stereocenters. The predicted octanol–water partition coefficient (Wildman–Crippen LogP) is 2.61. The monoisotopic (exact) mass is 316 g/mol. The van der Waals surface area contributed by atoms with Gasteiger partial charge in [-0.05, 0) is 32.0 Å². The molecular formula is C15H16N4O2S. The van der Waals surface area contributed by atoms with Gasteiger partial charge >= 0.3 is 6.09 Å². The summed E-state index contributed by atoms with van der Waals surface area (Å²) in [5.41, 5.74) is 1.67. The molecule has 0 N–H and O–H groups in total. The topological polar surface area (TPSA) is 68.2 Å². The Morgan fingerprint density at radius 3 is 2.77 bits per heavy atom. The van der Waals surface area contributed by atoms with Gasteiger partial charge in [0.2, 0.25) is 5.95 Å². The molecule has 114 valence electrons. The first-order chi connectivity index (χ1) is 10.6. The van der Waals surface area contributed by atoms with Crippen molar-refractivity contribution in [3.05, 3.63) is 41.9 Å². The number of hydrogen-bond donors (Lipinski definition) is 0. The number of carbonyl (C=O) groups excluding carboxylic acids is 1. The summed E-state index contributed by atoms with van der Waals surface area (Å²) in [5.74, 6) is 1.07. The summed E-state index contributed by atoms with van der Waals surface area (Å²) in [5, 5.41) is 0.916. The van der Waals surface area contributed by atoms with Crippen molar-refractivity contribution >= 4 is 23.8 Å². The predicted molar refractivity (Wildman–Crippen MR) is 84.1 cm³/mol. The van der Waals surface area contributed by atoms with Gasteiger partial charge in [-0.3, -0.25) is 0 Å². The molecule has 0 aromatic carbocycles. The standard InChI is InChI=1S/C15H16N4O2S/c1-10-7-11(2)18-14(17-10)19-8-12(21-15(19)20)9-22-13-5-3-4-6-16-13/h3-7,12H,8-9H2,1-2H3. The van der Waals surface area contributed by atoms with E-state index in [2.05, 4.69) is 15.0 Å². The van der Waals surface area contributed by atoms with Gasteiger partial charge < -0.3 is 4.74 Å². The number of pyridine rings is 1. The maximum atomic E-state index is 12.0. The van der Waals surface area contributed by atoms with Crippen LogP contribution in [0.4, 0.5) is 10.7 Å². The van der Waals surface area contributed by atoms with Crippen LogP contribution >= 0.6 is 11.8 Å². The molecule has 0 saturated carbocycles. The van der Waals surface area contributed by atoms with Crippen LogP contribution in [0.15, 0.2) is 35.5 Å². The molecule has 0 bridgehead atoms. The molecule has 1 amide bonds. The summed E-state index contributed by atoms with van der Waals surface area (Å²) >= 11 is 1.57. The molecule has 0 spiro atoms. The van der Waals surface area contributed by atoms with Crippen molar-refractivity contribution in [2.45, 2.75) is 25.0 Å². The molecule has 1 fully saturated rings. The molecule has 1 saturated heterocycles. The SMILES string of the molecule is Cc1cc(C)nc(N2CC(CSc3ccccn3)OC2=O)n1. The van der Waals surface area contributed by atoms with Crippen LogP contribution < -0.4 is 4.90 Å². The number of nitrogens with zero attached hydrogens (tertiary/aromatic N) is 4. The molecule has 0 aliphatic carbocycles. The molecule has 2 aromatic heterocycles. The van der Waals surface area contributed by atoms with E-state index >= 15 is 0 Å². The molecule has 3 rings (SSSR count). The highest BCUT2D eigenvalue weighted by atomic mass is 32.2. The van der Waals surface area contributed by atoms with E-state index in [1.165, 1.54) is 4.90 Å². The first-order valence-electron chi connectivity index (χ1n) is 6.96. The molecule has 1 aliphatic heterocycles. The van der Waals surface area contributed by atoms with Crippen LogP contribution in [0.25, 0.3) is 0 Å².